The Morgan fingerprint density at radius 3 is 2.72 bits per heavy atom. The van der Waals surface area contributed by atoms with Gasteiger partial charge < -0.3 is 10.2 Å². The number of nitrogens with zero attached hydrogens (tertiary/aromatic N) is 1. The average molecular weight is 248 g/mol. The molecule has 1 N–H and O–H groups in total. The second kappa shape index (κ2) is 5.82. The van der Waals surface area contributed by atoms with Gasteiger partial charge in [-0.25, -0.2) is 4.39 Å². The van der Waals surface area contributed by atoms with Gasteiger partial charge in [0, 0.05) is 19.7 Å². The van der Waals surface area contributed by atoms with Crippen molar-refractivity contribution in [3.63, 3.8) is 0 Å². The highest BCUT2D eigenvalue weighted by Gasteiger charge is 2.16. The Morgan fingerprint density at radius 2 is 2.17 bits per heavy atom. The smallest absolute Gasteiger partial charge is 0.257 e. The van der Waals surface area contributed by atoms with E-state index in [1.165, 1.54) is 31.0 Å². The van der Waals surface area contributed by atoms with E-state index in [2.05, 4.69) is 11.2 Å². The SMILES string of the molecule is C#CCN(C)C(=O)c1cc(NC(C)=O)ccc1F. The maximum Gasteiger partial charge on any atom is 0.257 e. The van der Waals surface area contributed by atoms with Gasteiger partial charge in [0.25, 0.3) is 5.91 Å². The summed E-state index contributed by atoms with van der Waals surface area (Å²) in [5.74, 6) is 0.818. The zero-order valence-corrected chi connectivity index (χ0v) is 10.2. The summed E-state index contributed by atoms with van der Waals surface area (Å²) in [6, 6.07) is 3.79. The Labute approximate surface area is 105 Å². The highest BCUT2D eigenvalue weighted by atomic mass is 19.1. The van der Waals surface area contributed by atoms with Gasteiger partial charge in [-0.2, -0.15) is 0 Å². The molecule has 0 saturated carbocycles. The molecule has 0 bridgehead atoms. The minimum atomic E-state index is -0.655. The molecule has 0 aliphatic heterocycles. The molecule has 0 atom stereocenters. The van der Waals surface area contributed by atoms with Crippen molar-refractivity contribution in [2.45, 2.75) is 6.92 Å². The number of carbonyl (C=O) groups is 2. The van der Waals surface area contributed by atoms with Crippen LogP contribution < -0.4 is 5.32 Å². The quantitative estimate of drug-likeness (QED) is 0.824. The summed E-state index contributed by atoms with van der Waals surface area (Å²) in [5.41, 5.74) is 0.236. The van der Waals surface area contributed by atoms with E-state index < -0.39 is 11.7 Å². The molecule has 4 nitrogen and oxygen atoms in total. The summed E-state index contributed by atoms with van der Waals surface area (Å²) in [6.45, 7) is 1.41. The number of rotatable bonds is 3. The summed E-state index contributed by atoms with van der Waals surface area (Å²) in [7, 11) is 1.48. The van der Waals surface area contributed by atoms with Crippen molar-refractivity contribution < 1.29 is 14.0 Å². The molecular formula is C13H13FN2O2. The van der Waals surface area contributed by atoms with Crippen molar-refractivity contribution in [2.75, 3.05) is 18.9 Å². The minimum absolute atomic E-state index is 0.0860. The van der Waals surface area contributed by atoms with Crippen LogP contribution in [0.5, 0.6) is 0 Å². The molecule has 2 amide bonds. The van der Waals surface area contributed by atoms with Gasteiger partial charge >= 0.3 is 0 Å². The van der Waals surface area contributed by atoms with Crippen molar-refractivity contribution in [1.29, 1.82) is 0 Å². The van der Waals surface area contributed by atoms with Crippen molar-refractivity contribution in [1.82, 2.24) is 4.90 Å². The molecule has 0 spiro atoms. The maximum atomic E-state index is 13.5. The largest absolute Gasteiger partial charge is 0.330 e. The molecule has 0 radical (unpaired) electrons. The van der Waals surface area contributed by atoms with Crippen LogP contribution in [-0.2, 0) is 4.79 Å². The molecule has 0 aromatic heterocycles. The molecule has 0 saturated heterocycles. The van der Waals surface area contributed by atoms with E-state index >= 15 is 0 Å². The van der Waals surface area contributed by atoms with E-state index in [4.69, 9.17) is 6.42 Å². The lowest BCUT2D eigenvalue weighted by Crippen LogP contribution is -2.27. The van der Waals surface area contributed by atoms with Gasteiger partial charge in [-0.05, 0) is 18.2 Å². The van der Waals surface area contributed by atoms with Crippen molar-refractivity contribution in [3.05, 3.63) is 29.6 Å². The molecule has 1 aromatic carbocycles. The normalized spacial score (nSPS) is 9.44. The monoisotopic (exact) mass is 248 g/mol. The zero-order valence-electron chi connectivity index (χ0n) is 10.2. The summed E-state index contributed by atoms with van der Waals surface area (Å²) in [6.07, 6.45) is 5.08. The van der Waals surface area contributed by atoms with Crippen LogP contribution in [0.15, 0.2) is 18.2 Å². The first-order valence-electron chi connectivity index (χ1n) is 5.21. The van der Waals surface area contributed by atoms with Crippen LogP contribution in [0.2, 0.25) is 0 Å². The van der Waals surface area contributed by atoms with E-state index in [0.29, 0.717) is 5.69 Å². The molecule has 5 heteroatoms. The van der Waals surface area contributed by atoms with E-state index in [0.717, 1.165) is 6.07 Å². The number of carbonyl (C=O) groups excluding carboxylic acids is 2. The Morgan fingerprint density at radius 1 is 1.50 bits per heavy atom. The molecule has 0 heterocycles. The first kappa shape index (κ1) is 13.7. The number of amides is 2. The number of nitrogens with one attached hydrogen (secondary N) is 1. The Kier molecular flexibility index (Phi) is 4.44. The lowest BCUT2D eigenvalue weighted by Gasteiger charge is -2.15. The van der Waals surface area contributed by atoms with Crippen LogP contribution in [0.1, 0.15) is 17.3 Å². The predicted molar refractivity (Wildman–Crippen MR) is 66.5 cm³/mol. The molecule has 1 aromatic rings. The second-order valence-electron chi connectivity index (χ2n) is 3.74. The van der Waals surface area contributed by atoms with Crippen molar-refractivity contribution in [3.8, 4) is 12.3 Å². The molecule has 0 aliphatic carbocycles. The maximum absolute atomic E-state index is 13.5. The van der Waals surface area contributed by atoms with Gasteiger partial charge in [-0.15, -0.1) is 6.42 Å². The number of benzene rings is 1. The highest BCUT2D eigenvalue weighted by Crippen LogP contribution is 2.16. The van der Waals surface area contributed by atoms with Gasteiger partial charge in [-0.3, -0.25) is 9.59 Å². The van der Waals surface area contributed by atoms with Crippen LogP contribution in [-0.4, -0.2) is 30.3 Å². The number of hydrogen-bond acceptors (Lipinski definition) is 2. The third-order valence-corrected chi connectivity index (χ3v) is 2.19. The second-order valence-corrected chi connectivity index (χ2v) is 3.74. The first-order chi connectivity index (χ1) is 8.45. The third kappa shape index (κ3) is 3.32. The third-order valence-electron chi connectivity index (χ3n) is 2.19. The minimum Gasteiger partial charge on any atom is -0.330 e. The van der Waals surface area contributed by atoms with Gasteiger partial charge in [0.15, 0.2) is 0 Å². The zero-order chi connectivity index (χ0) is 13.7. The summed E-state index contributed by atoms with van der Waals surface area (Å²) < 4.78 is 13.5. The van der Waals surface area contributed by atoms with Crippen LogP contribution in [0, 0.1) is 18.2 Å². The summed E-state index contributed by atoms with van der Waals surface area (Å²) >= 11 is 0. The average Bonchev–Trinajstić information content (AvgIpc) is 2.30. The number of hydrogen-bond donors (Lipinski definition) is 1. The molecular weight excluding hydrogens is 235 g/mol. The fourth-order valence-corrected chi connectivity index (χ4v) is 1.38. The Hall–Kier alpha value is -2.35. The number of halogens is 1. The number of terminal acetylenes is 1. The molecule has 0 unspecified atom stereocenters. The molecule has 0 fully saturated rings. The molecule has 0 aliphatic rings. The topological polar surface area (TPSA) is 49.4 Å². The fourth-order valence-electron chi connectivity index (χ4n) is 1.38. The molecule has 18 heavy (non-hydrogen) atoms. The van der Waals surface area contributed by atoms with Gasteiger partial charge in [0.1, 0.15) is 5.82 Å². The molecule has 94 valence electrons. The Bertz CT molecular complexity index is 520. The van der Waals surface area contributed by atoms with E-state index in [1.807, 2.05) is 0 Å². The molecule has 1 rings (SSSR count). The van der Waals surface area contributed by atoms with Crippen molar-refractivity contribution >= 4 is 17.5 Å². The number of anilines is 1. The van der Waals surface area contributed by atoms with Gasteiger partial charge in [-0.1, -0.05) is 5.92 Å². The van der Waals surface area contributed by atoms with Crippen LogP contribution in [0.3, 0.4) is 0 Å². The lowest BCUT2D eigenvalue weighted by molar-refractivity contribution is -0.114. The van der Waals surface area contributed by atoms with E-state index in [-0.39, 0.29) is 18.0 Å². The standard InChI is InChI=1S/C13H13FN2O2/c1-4-7-16(3)13(18)11-8-10(15-9(2)17)5-6-12(11)14/h1,5-6,8H,7H2,2-3H3,(H,15,17). The van der Waals surface area contributed by atoms with E-state index in [1.54, 1.807) is 0 Å². The highest BCUT2D eigenvalue weighted by molar-refractivity contribution is 5.97. The summed E-state index contributed by atoms with van der Waals surface area (Å²) in [5, 5.41) is 2.48. The van der Waals surface area contributed by atoms with Gasteiger partial charge in [0.2, 0.25) is 5.91 Å². The van der Waals surface area contributed by atoms with Gasteiger partial charge in [0.05, 0.1) is 12.1 Å². The van der Waals surface area contributed by atoms with Crippen molar-refractivity contribution in [2.24, 2.45) is 0 Å². The predicted octanol–water partition coefficient (Wildman–Crippen LogP) is 1.49. The Balaban J connectivity index is 3.04. The fraction of sp³-hybridized carbons (Fsp3) is 0.231. The van der Waals surface area contributed by atoms with E-state index in [9.17, 15) is 14.0 Å². The summed E-state index contributed by atoms with van der Waals surface area (Å²) in [4.78, 5) is 24.0. The van der Waals surface area contributed by atoms with Crippen LogP contribution in [0.25, 0.3) is 0 Å². The first-order valence-corrected chi connectivity index (χ1v) is 5.21. The van der Waals surface area contributed by atoms with Crippen LogP contribution in [0.4, 0.5) is 10.1 Å². The lowest BCUT2D eigenvalue weighted by atomic mass is 10.1. The van der Waals surface area contributed by atoms with Crippen LogP contribution >= 0.6 is 0 Å².